The second-order valence-corrected chi connectivity index (χ2v) is 8.74. The van der Waals surface area contributed by atoms with Crippen molar-refractivity contribution in [3.63, 3.8) is 0 Å². The van der Waals surface area contributed by atoms with Gasteiger partial charge in [-0.3, -0.25) is 14.5 Å². The third kappa shape index (κ3) is 4.27. The molecule has 2 N–H and O–H groups in total. The van der Waals surface area contributed by atoms with Crippen LogP contribution in [0.2, 0.25) is 0 Å². The Morgan fingerprint density at radius 3 is 2.18 bits per heavy atom. The van der Waals surface area contributed by atoms with Gasteiger partial charge in [-0.1, -0.05) is 29.8 Å². The zero-order valence-corrected chi connectivity index (χ0v) is 19.6. The molecule has 0 bridgehead atoms. The van der Waals surface area contributed by atoms with Crippen molar-refractivity contribution in [2.45, 2.75) is 39.8 Å². The first kappa shape index (κ1) is 23.1. The van der Waals surface area contributed by atoms with E-state index in [1.807, 2.05) is 39.8 Å². The molecule has 0 spiro atoms. The predicted molar refractivity (Wildman–Crippen MR) is 131 cm³/mol. The van der Waals surface area contributed by atoms with Gasteiger partial charge in [-0.05, 0) is 81.3 Å². The number of aromatic hydroxyl groups is 1. The lowest BCUT2D eigenvalue weighted by Gasteiger charge is -2.27. The molecular formula is C28H27NO5. The monoisotopic (exact) mass is 457 g/mol. The van der Waals surface area contributed by atoms with Gasteiger partial charge in [-0.25, -0.2) is 0 Å². The molecule has 3 aromatic rings. The smallest absolute Gasteiger partial charge is 0.300 e. The number of carbonyl (C=O) groups excluding carboxylic acids is 2. The number of amides is 1. The Balaban J connectivity index is 1.88. The molecule has 3 aromatic carbocycles. The Hall–Kier alpha value is -4.06. The van der Waals surface area contributed by atoms with E-state index in [1.165, 1.54) is 17.0 Å². The number of hydrogen-bond acceptors (Lipinski definition) is 5. The number of anilines is 1. The van der Waals surface area contributed by atoms with E-state index in [-0.39, 0.29) is 23.2 Å². The minimum atomic E-state index is -0.853. The molecular weight excluding hydrogens is 430 g/mol. The van der Waals surface area contributed by atoms with Crippen molar-refractivity contribution in [3.8, 4) is 11.5 Å². The molecule has 0 aliphatic carbocycles. The number of ether oxygens (including phenoxy) is 1. The van der Waals surface area contributed by atoms with E-state index in [9.17, 15) is 19.8 Å². The standard InChI is InChI=1S/C28H27NO5/c1-16(2)34-22-12-8-20(9-13-22)26(31)24-25(19-6-10-21(30)11-7-19)29(28(33)27(24)32)23-14-5-17(3)15-18(23)4/h5-16,25,30-31H,1-4H3/b26-24+. The number of rotatable bonds is 5. The van der Waals surface area contributed by atoms with Gasteiger partial charge in [0.1, 0.15) is 17.3 Å². The highest BCUT2D eigenvalue weighted by Gasteiger charge is 2.47. The number of ketones is 1. The number of Topliss-reactive ketones (excluding diaryl/α,β-unsaturated/α-hetero) is 1. The molecule has 1 saturated heterocycles. The van der Waals surface area contributed by atoms with E-state index in [0.29, 0.717) is 22.6 Å². The van der Waals surface area contributed by atoms with Crippen LogP contribution < -0.4 is 9.64 Å². The van der Waals surface area contributed by atoms with Gasteiger partial charge >= 0.3 is 0 Å². The van der Waals surface area contributed by atoms with Crippen LogP contribution in [0.4, 0.5) is 5.69 Å². The number of hydrogen-bond donors (Lipinski definition) is 2. The third-order valence-electron chi connectivity index (χ3n) is 5.76. The molecule has 1 atom stereocenters. The zero-order valence-electron chi connectivity index (χ0n) is 19.6. The van der Waals surface area contributed by atoms with Gasteiger partial charge < -0.3 is 14.9 Å². The first-order valence-corrected chi connectivity index (χ1v) is 11.1. The molecule has 1 fully saturated rings. The van der Waals surface area contributed by atoms with Crippen molar-refractivity contribution < 1.29 is 24.5 Å². The van der Waals surface area contributed by atoms with Crippen LogP contribution in [0.1, 0.15) is 42.1 Å². The minimum Gasteiger partial charge on any atom is -0.508 e. The second-order valence-electron chi connectivity index (χ2n) is 8.74. The lowest BCUT2D eigenvalue weighted by atomic mass is 9.94. The Bertz CT molecular complexity index is 1270. The average Bonchev–Trinajstić information content (AvgIpc) is 3.05. The van der Waals surface area contributed by atoms with E-state index in [0.717, 1.165) is 11.1 Å². The predicted octanol–water partition coefficient (Wildman–Crippen LogP) is 5.42. The fraction of sp³-hybridized carbons (Fsp3) is 0.214. The van der Waals surface area contributed by atoms with Crippen molar-refractivity contribution in [2.24, 2.45) is 0 Å². The highest BCUT2D eigenvalue weighted by molar-refractivity contribution is 6.51. The number of benzene rings is 3. The molecule has 0 aromatic heterocycles. The molecule has 1 amide bonds. The highest BCUT2D eigenvalue weighted by Crippen LogP contribution is 2.43. The van der Waals surface area contributed by atoms with Crippen LogP contribution >= 0.6 is 0 Å². The van der Waals surface area contributed by atoms with Crippen LogP contribution in [0, 0.1) is 13.8 Å². The molecule has 0 radical (unpaired) electrons. The first-order chi connectivity index (χ1) is 16.2. The Morgan fingerprint density at radius 2 is 1.59 bits per heavy atom. The molecule has 1 heterocycles. The highest BCUT2D eigenvalue weighted by atomic mass is 16.5. The normalized spacial score (nSPS) is 17.4. The Morgan fingerprint density at radius 1 is 0.941 bits per heavy atom. The van der Waals surface area contributed by atoms with Crippen LogP contribution in [0.3, 0.4) is 0 Å². The summed E-state index contributed by atoms with van der Waals surface area (Å²) >= 11 is 0. The zero-order chi connectivity index (χ0) is 24.6. The van der Waals surface area contributed by atoms with Crippen LogP contribution in [-0.2, 0) is 9.59 Å². The number of phenolic OH excluding ortho intramolecular Hbond substituents is 1. The van der Waals surface area contributed by atoms with Crippen molar-refractivity contribution in [1.82, 2.24) is 0 Å². The number of nitrogens with zero attached hydrogens (tertiary/aromatic N) is 1. The van der Waals surface area contributed by atoms with Gasteiger partial charge in [0.25, 0.3) is 11.7 Å². The summed E-state index contributed by atoms with van der Waals surface area (Å²) in [6.07, 6.45) is -0.00276. The lowest BCUT2D eigenvalue weighted by molar-refractivity contribution is -0.132. The van der Waals surface area contributed by atoms with E-state index in [1.54, 1.807) is 42.5 Å². The van der Waals surface area contributed by atoms with Crippen LogP contribution in [0.5, 0.6) is 11.5 Å². The van der Waals surface area contributed by atoms with Crippen LogP contribution in [-0.4, -0.2) is 28.0 Å². The van der Waals surface area contributed by atoms with E-state index in [4.69, 9.17) is 4.74 Å². The van der Waals surface area contributed by atoms with Gasteiger partial charge in [0.15, 0.2) is 0 Å². The first-order valence-electron chi connectivity index (χ1n) is 11.1. The quantitative estimate of drug-likeness (QED) is 0.303. The fourth-order valence-corrected chi connectivity index (χ4v) is 4.25. The second kappa shape index (κ2) is 9.06. The topological polar surface area (TPSA) is 87.1 Å². The summed E-state index contributed by atoms with van der Waals surface area (Å²) < 4.78 is 5.66. The number of aliphatic hydroxyl groups excluding tert-OH is 1. The minimum absolute atomic E-state index is 0.00276. The van der Waals surface area contributed by atoms with Crippen LogP contribution in [0.25, 0.3) is 5.76 Å². The van der Waals surface area contributed by atoms with Crippen molar-refractivity contribution in [1.29, 1.82) is 0 Å². The maximum Gasteiger partial charge on any atom is 0.300 e. The molecule has 174 valence electrons. The van der Waals surface area contributed by atoms with Crippen molar-refractivity contribution in [2.75, 3.05) is 4.90 Å². The van der Waals surface area contributed by atoms with Gasteiger partial charge in [0.2, 0.25) is 0 Å². The maximum atomic E-state index is 13.3. The summed E-state index contributed by atoms with van der Waals surface area (Å²) in [4.78, 5) is 28.0. The molecule has 0 saturated carbocycles. The molecule has 6 heteroatoms. The fourth-order valence-electron chi connectivity index (χ4n) is 4.25. The van der Waals surface area contributed by atoms with E-state index in [2.05, 4.69) is 0 Å². The van der Waals surface area contributed by atoms with Gasteiger partial charge in [-0.15, -0.1) is 0 Å². The van der Waals surface area contributed by atoms with Crippen molar-refractivity contribution in [3.05, 3.63) is 94.6 Å². The maximum absolute atomic E-state index is 13.3. The van der Waals surface area contributed by atoms with Gasteiger partial charge in [0, 0.05) is 11.3 Å². The molecule has 1 aliphatic rings. The molecule has 1 unspecified atom stereocenters. The van der Waals surface area contributed by atoms with E-state index < -0.39 is 17.7 Å². The summed E-state index contributed by atoms with van der Waals surface area (Å²) in [5.41, 5.74) is 3.44. The molecule has 34 heavy (non-hydrogen) atoms. The molecule has 1 aliphatic heterocycles. The Labute approximate surface area is 198 Å². The number of aryl methyl sites for hydroxylation is 2. The lowest BCUT2D eigenvalue weighted by Crippen LogP contribution is -2.30. The molecule has 6 nitrogen and oxygen atoms in total. The Kier molecular flexibility index (Phi) is 6.16. The third-order valence-corrected chi connectivity index (χ3v) is 5.76. The number of phenols is 1. The van der Waals surface area contributed by atoms with Gasteiger partial charge in [-0.2, -0.15) is 0 Å². The number of carbonyl (C=O) groups is 2. The summed E-state index contributed by atoms with van der Waals surface area (Å²) in [6, 6.07) is 17.8. The van der Waals surface area contributed by atoms with Gasteiger partial charge in [0.05, 0.1) is 17.7 Å². The summed E-state index contributed by atoms with van der Waals surface area (Å²) in [7, 11) is 0. The summed E-state index contributed by atoms with van der Waals surface area (Å²) in [5, 5.41) is 21.0. The SMILES string of the molecule is Cc1ccc(N2C(=O)C(=O)/C(=C(/O)c3ccc(OC(C)C)cc3)C2c2ccc(O)cc2)c(C)c1. The average molecular weight is 458 g/mol. The van der Waals surface area contributed by atoms with Crippen molar-refractivity contribution >= 4 is 23.1 Å². The van der Waals surface area contributed by atoms with E-state index >= 15 is 0 Å². The largest absolute Gasteiger partial charge is 0.508 e. The van der Waals surface area contributed by atoms with Crippen LogP contribution in [0.15, 0.2) is 72.3 Å². The molecule has 4 rings (SSSR count). The number of aliphatic hydroxyl groups is 1. The summed E-state index contributed by atoms with van der Waals surface area (Å²) in [6.45, 7) is 7.66. The summed E-state index contributed by atoms with van der Waals surface area (Å²) in [5.74, 6) is -1.05.